The van der Waals surface area contributed by atoms with Gasteiger partial charge in [0.1, 0.15) is 11.8 Å². The summed E-state index contributed by atoms with van der Waals surface area (Å²) in [4.78, 5) is 34.0. The molecule has 120 valence electrons. The van der Waals surface area contributed by atoms with Gasteiger partial charge < -0.3 is 20.3 Å². The summed E-state index contributed by atoms with van der Waals surface area (Å²) in [5.41, 5.74) is 0. The number of amides is 1. The van der Waals surface area contributed by atoms with Crippen molar-refractivity contribution in [3.8, 4) is 5.75 Å². The van der Waals surface area contributed by atoms with Crippen LogP contribution in [0, 0.1) is 0 Å². The molecule has 0 aliphatic carbocycles. The second-order valence-corrected chi connectivity index (χ2v) is 5.41. The molecule has 7 nitrogen and oxygen atoms in total. The average molecular weight is 327 g/mol. The Balaban J connectivity index is 2.49. The van der Waals surface area contributed by atoms with Crippen LogP contribution in [-0.2, 0) is 14.4 Å². The van der Waals surface area contributed by atoms with Gasteiger partial charge in [0.05, 0.1) is 12.9 Å². The van der Waals surface area contributed by atoms with Crippen LogP contribution < -0.4 is 10.1 Å². The lowest BCUT2D eigenvalue weighted by atomic mass is 10.1. The van der Waals surface area contributed by atoms with E-state index in [1.807, 2.05) is 0 Å². The van der Waals surface area contributed by atoms with Crippen molar-refractivity contribution in [3.63, 3.8) is 0 Å². The van der Waals surface area contributed by atoms with Crippen LogP contribution in [0.3, 0.4) is 0 Å². The van der Waals surface area contributed by atoms with E-state index in [4.69, 9.17) is 14.9 Å². The fourth-order valence-corrected chi connectivity index (χ4v) is 2.36. The van der Waals surface area contributed by atoms with Crippen LogP contribution in [0.5, 0.6) is 5.75 Å². The van der Waals surface area contributed by atoms with Crippen molar-refractivity contribution in [1.29, 1.82) is 0 Å². The predicted molar refractivity (Wildman–Crippen MR) is 80.2 cm³/mol. The molecule has 0 fully saturated rings. The maximum atomic E-state index is 11.8. The standard InChI is InChI=1S/C14H17NO6S/c1-21-9-3-2-4-10(7-9)22-8-12(16)15-11(14(19)20)5-6-13(17)18/h2-4,7,11H,5-6,8H2,1H3,(H,15,16)(H,17,18)(H,19,20)/t11-/m0/s1. The molecule has 1 atom stereocenters. The SMILES string of the molecule is COc1cccc(SCC(=O)N[C@@H](CCC(=O)O)C(=O)O)c1. The summed E-state index contributed by atoms with van der Waals surface area (Å²) in [6, 6.07) is 5.92. The van der Waals surface area contributed by atoms with Crippen LogP contribution >= 0.6 is 11.8 Å². The van der Waals surface area contributed by atoms with Crippen molar-refractivity contribution >= 4 is 29.6 Å². The van der Waals surface area contributed by atoms with Gasteiger partial charge in [-0.05, 0) is 24.6 Å². The number of carboxylic acids is 2. The van der Waals surface area contributed by atoms with Gasteiger partial charge in [-0.25, -0.2) is 4.79 Å². The summed E-state index contributed by atoms with van der Waals surface area (Å²) < 4.78 is 5.06. The molecule has 0 saturated carbocycles. The molecule has 0 radical (unpaired) electrons. The van der Waals surface area contributed by atoms with Crippen LogP contribution in [0.25, 0.3) is 0 Å². The van der Waals surface area contributed by atoms with Gasteiger partial charge in [0.15, 0.2) is 0 Å². The Morgan fingerprint density at radius 3 is 2.64 bits per heavy atom. The van der Waals surface area contributed by atoms with Crippen LogP contribution in [-0.4, -0.2) is 47.0 Å². The molecule has 0 aliphatic heterocycles. The molecule has 1 aromatic rings. The molecule has 0 spiro atoms. The number of hydrogen-bond donors (Lipinski definition) is 3. The number of ether oxygens (including phenoxy) is 1. The Morgan fingerprint density at radius 1 is 1.32 bits per heavy atom. The highest BCUT2D eigenvalue weighted by Gasteiger charge is 2.20. The summed E-state index contributed by atoms with van der Waals surface area (Å²) in [6.07, 6.45) is -0.472. The number of hydrogen-bond acceptors (Lipinski definition) is 5. The van der Waals surface area contributed by atoms with Crippen molar-refractivity contribution in [3.05, 3.63) is 24.3 Å². The van der Waals surface area contributed by atoms with Crippen LogP contribution in [0.15, 0.2) is 29.2 Å². The molecular formula is C14H17NO6S. The molecule has 1 amide bonds. The van der Waals surface area contributed by atoms with Crippen molar-refractivity contribution < 1.29 is 29.3 Å². The van der Waals surface area contributed by atoms with Gasteiger partial charge in [0.2, 0.25) is 5.91 Å². The van der Waals surface area contributed by atoms with Crippen molar-refractivity contribution in [1.82, 2.24) is 5.32 Å². The Bertz CT molecular complexity index is 548. The normalized spacial score (nSPS) is 11.5. The zero-order chi connectivity index (χ0) is 16.5. The highest BCUT2D eigenvalue weighted by Crippen LogP contribution is 2.22. The summed E-state index contributed by atoms with van der Waals surface area (Å²) in [5.74, 6) is -2.13. The van der Waals surface area contributed by atoms with E-state index in [9.17, 15) is 14.4 Å². The average Bonchev–Trinajstić information content (AvgIpc) is 2.49. The zero-order valence-corrected chi connectivity index (χ0v) is 12.8. The number of carboxylic acid groups (broad SMARTS) is 2. The minimum absolute atomic E-state index is 0.0318. The topological polar surface area (TPSA) is 113 Å². The van der Waals surface area contributed by atoms with E-state index >= 15 is 0 Å². The first kappa shape index (κ1) is 17.8. The Kier molecular flexibility index (Phi) is 7.24. The quantitative estimate of drug-likeness (QED) is 0.584. The maximum absolute atomic E-state index is 11.8. The monoisotopic (exact) mass is 327 g/mol. The number of aliphatic carboxylic acids is 2. The fraction of sp³-hybridized carbons (Fsp3) is 0.357. The van der Waals surface area contributed by atoms with Crippen molar-refractivity contribution in [2.24, 2.45) is 0 Å². The first-order valence-electron chi connectivity index (χ1n) is 6.43. The second kappa shape index (κ2) is 8.93. The summed E-state index contributed by atoms with van der Waals surface area (Å²) in [7, 11) is 1.54. The van der Waals surface area contributed by atoms with Crippen molar-refractivity contribution in [2.75, 3.05) is 12.9 Å². The lowest BCUT2D eigenvalue weighted by Crippen LogP contribution is -2.41. The predicted octanol–water partition coefficient (Wildman–Crippen LogP) is 1.22. The molecule has 0 unspecified atom stereocenters. The molecular weight excluding hydrogens is 310 g/mol. The number of benzene rings is 1. The van der Waals surface area contributed by atoms with Gasteiger partial charge in [-0.3, -0.25) is 9.59 Å². The number of carbonyl (C=O) groups is 3. The Morgan fingerprint density at radius 2 is 2.05 bits per heavy atom. The lowest BCUT2D eigenvalue weighted by Gasteiger charge is -2.13. The highest BCUT2D eigenvalue weighted by atomic mass is 32.2. The van der Waals surface area contributed by atoms with Crippen LogP contribution in [0.2, 0.25) is 0 Å². The molecule has 0 aromatic heterocycles. The Labute approximate surface area is 131 Å². The number of methoxy groups -OCH3 is 1. The number of thioether (sulfide) groups is 1. The third kappa shape index (κ3) is 6.49. The molecule has 1 aromatic carbocycles. The van der Waals surface area contributed by atoms with E-state index in [2.05, 4.69) is 5.32 Å². The molecule has 0 saturated heterocycles. The summed E-state index contributed by atoms with van der Waals surface area (Å²) >= 11 is 1.23. The Hall–Kier alpha value is -2.22. The minimum atomic E-state index is -1.25. The second-order valence-electron chi connectivity index (χ2n) is 4.36. The van der Waals surface area contributed by atoms with Gasteiger partial charge >= 0.3 is 11.9 Å². The molecule has 8 heteroatoms. The molecule has 0 heterocycles. The van der Waals surface area contributed by atoms with E-state index in [0.29, 0.717) is 5.75 Å². The third-order valence-electron chi connectivity index (χ3n) is 2.69. The fourth-order valence-electron chi connectivity index (χ4n) is 1.60. The van der Waals surface area contributed by atoms with E-state index in [0.717, 1.165) is 4.90 Å². The molecule has 1 rings (SSSR count). The largest absolute Gasteiger partial charge is 0.497 e. The van der Waals surface area contributed by atoms with Gasteiger partial charge in [-0.15, -0.1) is 11.8 Å². The number of carbonyl (C=O) groups excluding carboxylic acids is 1. The van der Waals surface area contributed by atoms with Crippen LogP contribution in [0.4, 0.5) is 0 Å². The van der Waals surface area contributed by atoms with Crippen LogP contribution in [0.1, 0.15) is 12.8 Å². The molecule has 0 bridgehead atoms. The molecule has 3 N–H and O–H groups in total. The first-order chi connectivity index (χ1) is 10.4. The third-order valence-corrected chi connectivity index (χ3v) is 3.69. The van der Waals surface area contributed by atoms with Gasteiger partial charge in [0.25, 0.3) is 0 Å². The van der Waals surface area contributed by atoms with Gasteiger partial charge in [-0.1, -0.05) is 6.07 Å². The minimum Gasteiger partial charge on any atom is -0.497 e. The lowest BCUT2D eigenvalue weighted by molar-refractivity contribution is -0.142. The van der Waals surface area contributed by atoms with E-state index in [-0.39, 0.29) is 18.6 Å². The first-order valence-corrected chi connectivity index (χ1v) is 7.41. The summed E-state index contributed by atoms with van der Waals surface area (Å²) in [6.45, 7) is 0. The highest BCUT2D eigenvalue weighted by molar-refractivity contribution is 8.00. The van der Waals surface area contributed by atoms with Crippen molar-refractivity contribution in [2.45, 2.75) is 23.8 Å². The van der Waals surface area contributed by atoms with Gasteiger partial charge in [0, 0.05) is 11.3 Å². The summed E-state index contributed by atoms with van der Waals surface area (Å²) in [5, 5.41) is 19.8. The number of rotatable bonds is 9. The molecule has 22 heavy (non-hydrogen) atoms. The zero-order valence-electron chi connectivity index (χ0n) is 11.9. The maximum Gasteiger partial charge on any atom is 0.326 e. The van der Waals surface area contributed by atoms with E-state index in [1.165, 1.54) is 18.9 Å². The number of nitrogens with one attached hydrogen (secondary N) is 1. The molecule has 0 aliphatic rings. The van der Waals surface area contributed by atoms with E-state index in [1.54, 1.807) is 24.3 Å². The van der Waals surface area contributed by atoms with Gasteiger partial charge in [-0.2, -0.15) is 0 Å². The smallest absolute Gasteiger partial charge is 0.326 e. The van der Waals surface area contributed by atoms with E-state index < -0.39 is 23.9 Å².